The van der Waals surface area contributed by atoms with Gasteiger partial charge in [0.15, 0.2) is 0 Å². The maximum absolute atomic E-state index is 12.0. The Labute approximate surface area is 137 Å². The minimum Gasteiger partial charge on any atom is -0.267 e. The average molecular weight is 366 g/mol. The molecule has 0 fully saturated rings. The summed E-state index contributed by atoms with van der Waals surface area (Å²) < 4.78 is 0.854. The van der Waals surface area contributed by atoms with E-state index in [-0.39, 0.29) is 5.91 Å². The van der Waals surface area contributed by atoms with E-state index in [2.05, 4.69) is 26.5 Å². The molecule has 0 spiro atoms. The van der Waals surface area contributed by atoms with Gasteiger partial charge in [-0.15, -0.1) is 0 Å². The lowest BCUT2D eigenvalue weighted by molar-refractivity contribution is 0.0954. The summed E-state index contributed by atoms with van der Waals surface area (Å²) >= 11 is 9.21. The molecule has 0 saturated heterocycles. The number of carbonyl (C=O) groups is 1. The second-order valence-corrected chi connectivity index (χ2v) is 5.72. The molecule has 2 aromatic rings. The molecule has 21 heavy (non-hydrogen) atoms. The number of nitrogens with one attached hydrogen (secondary N) is 1. The third kappa shape index (κ3) is 4.41. The lowest BCUT2D eigenvalue weighted by Crippen LogP contribution is -2.19. The van der Waals surface area contributed by atoms with Gasteiger partial charge >= 0.3 is 0 Å². The van der Waals surface area contributed by atoms with Gasteiger partial charge in [0, 0.05) is 15.1 Å². The summed E-state index contributed by atoms with van der Waals surface area (Å²) in [4.78, 5) is 12.0. The van der Waals surface area contributed by atoms with Crippen molar-refractivity contribution in [3.63, 3.8) is 0 Å². The summed E-state index contributed by atoms with van der Waals surface area (Å²) in [6.45, 7) is 1.98. The Balaban J connectivity index is 2.14. The largest absolute Gasteiger partial charge is 0.271 e. The van der Waals surface area contributed by atoms with Gasteiger partial charge in [-0.3, -0.25) is 4.79 Å². The summed E-state index contributed by atoms with van der Waals surface area (Å²) in [5.41, 5.74) is 4.88. The molecule has 0 saturated carbocycles. The molecule has 108 valence electrons. The highest BCUT2D eigenvalue weighted by atomic mass is 79.9. The second kappa shape index (κ2) is 7.38. The Bertz CT molecular complexity index is 668. The summed E-state index contributed by atoms with van der Waals surface area (Å²) in [7, 11) is 0. The molecule has 1 amide bonds. The first-order chi connectivity index (χ1) is 10.1. The zero-order valence-electron chi connectivity index (χ0n) is 11.4. The molecule has 0 radical (unpaired) electrons. The van der Waals surface area contributed by atoms with Crippen LogP contribution < -0.4 is 5.43 Å². The number of hydrogen-bond donors (Lipinski definition) is 1. The van der Waals surface area contributed by atoms with Crippen LogP contribution in [0.25, 0.3) is 0 Å². The van der Waals surface area contributed by atoms with E-state index in [9.17, 15) is 4.79 Å². The first-order valence-electron chi connectivity index (χ1n) is 6.48. The maximum Gasteiger partial charge on any atom is 0.271 e. The fourth-order valence-corrected chi connectivity index (χ4v) is 2.33. The Hall–Kier alpha value is -1.65. The van der Waals surface area contributed by atoms with Crippen LogP contribution in [0.3, 0.4) is 0 Å². The summed E-state index contributed by atoms with van der Waals surface area (Å²) in [5, 5.41) is 4.88. The van der Waals surface area contributed by atoms with E-state index < -0.39 is 0 Å². The Morgan fingerprint density at radius 2 is 1.90 bits per heavy atom. The molecule has 0 heterocycles. The third-order valence-corrected chi connectivity index (χ3v) is 3.64. The zero-order valence-corrected chi connectivity index (χ0v) is 13.8. The highest BCUT2D eigenvalue weighted by molar-refractivity contribution is 9.10. The van der Waals surface area contributed by atoms with Crippen LogP contribution in [0.4, 0.5) is 0 Å². The molecule has 3 nitrogen and oxygen atoms in total. The molecule has 5 heteroatoms. The summed E-state index contributed by atoms with van der Waals surface area (Å²) in [5.74, 6) is -0.240. The van der Waals surface area contributed by atoms with Crippen LogP contribution in [-0.4, -0.2) is 11.6 Å². The van der Waals surface area contributed by atoms with Crippen LogP contribution >= 0.6 is 27.5 Å². The number of nitrogens with zero attached hydrogens (tertiary/aromatic N) is 1. The first-order valence-corrected chi connectivity index (χ1v) is 7.65. The molecule has 2 rings (SSSR count). The van der Waals surface area contributed by atoms with E-state index in [1.807, 2.05) is 31.2 Å². The van der Waals surface area contributed by atoms with E-state index in [1.54, 1.807) is 24.3 Å². The molecule has 0 bridgehead atoms. The molecule has 0 atom stereocenters. The van der Waals surface area contributed by atoms with Crippen molar-refractivity contribution in [2.24, 2.45) is 5.10 Å². The number of benzene rings is 2. The molecular weight excluding hydrogens is 352 g/mol. The lowest BCUT2D eigenvalue weighted by atomic mass is 10.1. The van der Waals surface area contributed by atoms with Gasteiger partial charge in [0.25, 0.3) is 5.91 Å². The van der Waals surface area contributed by atoms with Gasteiger partial charge in [0.2, 0.25) is 0 Å². The number of halogens is 2. The first kappa shape index (κ1) is 15.7. The SMILES string of the molecule is CCC(=NNC(=O)c1cccc(Br)c1)c1ccc(Cl)cc1. The van der Waals surface area contributed by atoms with E-state index in [4.69, 9.17) is 11.6 Å². The van der Waals surface area contributed by atoms with Gasteiger partial charge in [-0.2, -0.15) is 5.10 Å². The highest BCUT2D eigenvalue weighted by Crippen LogP contribution is 2.13. The van der Waals surface area contributed by atoms with Gasteiger partial charge in [-0.05, 0) is 42.3 Å². The smallest absolute Gasteiger partial charge is 0.267 e. The highest BCUT2D eigenvalue weighted by Gasteiger charge is 2.06. The van der Waals surface area contributed by atoms with Gasteiger partial charge in [-0.25, -0.2) is 5.43 Å². The van der Waals surface area contributed by atoms with Crippen LogP contribution in [-0.2, 0) is 0 Å². The van der Waals surface area contributed by atoms with Gasteiger partial charge < -0.3 is 0 Å². The summed E-state index contributed by atoms with van der Waals surface area (Å²) in [6, 6.07) is 14.5. The number of carbonyl (C=O) groups excluding carboxylic acids is 1. The van der Waals surface area contributed by atoms with Gasteiger partial charge in [0.1, 0.15) is 0 Å². The van der Waals surface area contributed by atoms with E-state index >= 15 is 0 Å². The number of hydrogen-bond acceptors (Lipinski definition) is 2. The normalized spacial score (nSPS) is 11.3. The quantitative estimate of drug-likeness (QED) is 0.622. The van der Waals surface area contributed by atoms with Crippen LogP contribution in [0.1, 0.15) is 29.3 Å². The molecule has 1 N–H and O–H groups in total. The molecule has 2 aromatic carbocycles. The minimum absolute atomic E-state index is 0.240. The Morgan fingerprint density at radius 3 is 2.52 bits per heavy atom. The maximum atomic E-state index is 12.0. The average Bonchev–Trinajstić information content (AvgIpc) is 2.49. The molecule has 0 unspecified atom stereocenters. The number of hydrazone groups is 1. The number of amides is 1. The van der Waals surface area contributed by atoms with E-state index in [0.29, 0.717) is 17.0 Å². The Morgan fingerprint density at radius 1 is 1.19 bits per heavy atom. The van der Waals surface area contributed by atoms with Crippen LogP contribution in [0.15, 0.2) is 58.1 Å². The molecule has 0 aliphatic rings. The van der Waals surface area contributed by atoms with Gasteiger partial charge in [-0.1, -0.05) is 52.7 Å². The van der Waals surface area contributed by atoms with Crippen molar-refractivity contribution in [1.82, 2.24) is 5.43 Å². The minimum atomic E-state index is -0.240. The van der Waals surface area contributed by atoms with E-state index in [0.717, 1.165) is 15.7 Å². The zero-order chi connectivity index (χ0) is 15.2. The standard InChI is InChI=1S/C16H14BrClN2O/c1-2-15(11-6-8-14(18)9-7-11)19-20-16(21)12-4-3-5-13(17)10-12/h3-10H,2H2,1H3,(H,20,21). The topological polar surface area (TPSA) is 41.5 Å². The van der Waals surface area contributed by atoms with Gasteiger partial charge in [0.05, 0.1) is 5.71 Å². The molecule has 0 aliphatic carbocycles. The molecule has 0 aliphatic heterocycles. The van der Waals surface area contributed by atoms with Crippen LogP contribution in [0.2, 0.25) is 5.02 Å². The number of rotatable bonds is 4. The van der Waals surface area contributed by atoms with Crippen molar-refractivity contribution in [2.75, 3.05) is 0 Å². The summed E-state index contributed by atoms with van der Waals surface area (Å²) in [6.07, 6.45) is 0.709. The van der Waals surface area contributed by atoms with Crippen molar-refractivity contribution < 1.29 is 4.79 Å². The predicted molar refractivity (Wildman–Crippen MR) is 89.9 cm³/mol. The van der Waals surface area contributed by atoms with Crippen molar-refractivity contribution in [3.05, 3.63) is 69.2 Å². The van der Waals surface area contributed by atoms with E-state index in [1.165, 1.54) is 0 Å². The van der Waals surface area contributed by atoms with Crippen molar-refractivity contribution >= 4 is 39.1 Å². The molecular formula is C16H14BrClN2O. The van der Waals surface area contributed by atoms with Crippen molar-refractivity contribution in [3.8, 4) is 0 Å². The lowest BCUT2D eigenvalue weighted by Gasteiger charge is -2.06. The third-order valence-electron chi connectivity index (χ3n) is 2.89. The van der Waals surface area contributed by atoms with Crippen LogP contribution in [0.5, 0.6) is 0 Å². The van der Waals surface area contributed by atoms with Crippen LogP contribution in [0, 0.1) is 0 Å². The fraction of sp³-hybridized carbons (Fsp3) is 0.125. The fourth-order valence-electron chi connectivity index (χ4n) is 1.80. The Kier molecular flexibility index (Phi) is 5.53. The van der Waals surface area contributed by atoms with Crippen molar-refractivity contribution in [2.45, 2.75) is 13.3 Å². The van der Waals surface area contributed by atoms with Crippen molar-refractivity contribution in [1.29, 1.82) is 0 Å². The molecule has 0 aromatic heterocycles. The second-order valence-electron chi connectivity index (χ2n) is 4.37. The monoisotopic (exact) mass is 364 g/mol. The predicted octanol–water partition coefficient (Wildman–Crippen LogP) is 4.65.